The molecule has 9 heteroatoms. The molecule has 0 bridgehead atoms. The minimum Gasteiger partial charge on any atom is -0.460 e. The van der Waals surface area contributed by atoms with Crippen molar-refractivity contribution in [3.8, 4) is 17.2 Å². The first-order valence-electron chi connectivity index (χ1n) is 18.7. The molecule has 0 spiro atoms. The average molecular weight is 722 g/mol. The first-order chi connectivity index (χ1) is 24.5. The molecule has 3 aliphatic carbocycles. The lowest BCUT2D eigenvalue weighted by molar-refractivity contribution is -0.223. The van der Waals surface area contributed by atoms with Crippen LogP contribution in [-0.2, 0) is 9.57 Å². The molecule has 2 N–H and O–H groups in total. The number of aliphatic hydroxyl groups is 2. The summed E-state index contributed by atoms with van der Waals surface area (Å²) in [5.74, 6) is 1.97. The van der Waals surface area contributed by atoms with E-state index < -0.39 is 5.79 Å². The van der Waals surface area contributed by atoms with Crippen molar-refractivity contribution in [3.05, 3.63) is 72.3 Å². The lowest BCUT2D eigenvalue weighted by atomic mass is 9.56. The van der Waals surface area contributed by atoms with Crippen LogP contribution in [0.4, 0.5) is 0 Å². The second kappa shape index (κ2) is 17.9. The summed E-state index contributed by atoms with van der Waals surface area (Å²) in [6.45, 7) is 7.30. The van der Waals surface area contributed by atoms with Crippen LogP contribution in [-0.4, -0.2) is 64.9 Å². The number of nitrogens with zero attached hydrogens (tertiary/aromatic N) is 1. The number of benzene rings is 2. The molecule has 2 saturated carbocycles. The standard InChI is InChI=1S/C41H55NO6S2/c1-4-24-45-41-38(50-32-13-6-7-14-32)27-36(42-46-5-2)34-25-28(12-8-10-22-43)33(15-9-11-23-44)39(40(34)41)35-26-30(18-21-37(35)48-41)47-29-16-19-31(49-3)20-17-29/h4,16-21,25-26,28,32-33,38-40,43-44H,1,5-15,22-24,27H2,2-3H3. The highest BCUT2D eigenvalue weighted by Crippen LogP contribution is 2.63. The number of aliphatic hydroxyl groups excluding tert-OH is 2. The number of ether oxygens (including phenoxy) is 3. The predicted molar refractivity (Wildman–Crippen MR) is 205 cm³/mol. The molecule has 2 aromatic carbocycles. The second-order valence-corrected chi connectivity index (χ2v) is 16.4. The summed E-state index contributed by atoms with van der Waals surface area (Å²) in [6, 6.07) is 14.5. The van der Waals surface area contributed by atoms with Gasteiger partial charge in [0.15, 0.2) is 0 Å². The van der Waals surface area contributed by atoms with Gasteiger partial charge in [-0.05, 0) is 112 Å². The Morgan fingerprint density at radius 3 is 2.44 bits per heavy atom. The average Bonchev–Trinajstić information content (AvgIpc) is 3.66. The van der Waals surface area contributed by atoms with Crippen LogP contribution < -0.4 is 9.47 Å². The highest BCUT2D eigenvalue weighted by Gasteiger charge is 2.64. The maximum atomic E-state index is 9.85. The van der Waals surface area contributed by atoms with E-state index in [1.54, 1.807) is 11.8 Å². The Bertz CT molecular complexity index is 1470. The van der Waals surface area contributed by atoms with Crippen molar-refractivity contribution in [1.82, 2.24) is 0 Å². The molecule has 0 aromatic heterocycles. The Labute approximate surface area is 307 Å². The van der Waals surface area contributed by atoms with Crippen molar-refractivity contribution in [2.45, 2.75) is 105 Å². The molecule has 6 atom stereocenters. The van der Waals surface area contributed by atoms with Crippen molar-refractivity contribution < 1.29 is 29.3 Å². The number of rotatable bonds is 18. The maximum absolute atomic E-state index is 9.85. The Morgan fingerprint density at radius 2 is 1.74 bits per heavy atom. The molecule has 272 valence electrons. The zero-order chi connectivity index (χ0) is 34.9. The van der Waals surface area contributed by atoms with E-state index in [2.05, 4.69) is 43.2 Å². The van der Waals surface area contributed by atoms with Crippen LogP contribution in [0.15, 0.2) is 76.8 Å². The zero-order valence-electron chi connectivity index (χ0n) is 29.8. The highest BCUT2D eigenvalue weighted by atomic mass is 32.2. The molecular weight excluding hydrogens is 667 g/mol. The summed E-state index contributed by atoms with van der Waals surface area (Å²) in [7, 11) is 0. The first kappa shape index (κ1) is 37.3. The summed E-state index contributed by atoms with van der Waals surface area (Å²) >= 11 is 3.74. The summed E-state index contributed by atoms with van der Waals surface area (Å²) in [5.41, 5.74) is 3.32. The minimum absolute atomic E-state index is 0.0115. The van der Waals surface area contributed by atoms with Gasteiger partial charge in [-0.1, -0.05) is 43.0 Å². The van der Waals surface area contributed by atoms with Crippen LogP contribution in [0, 0.1) is 17.8 Å². The van der Waals surface area contributed by atoms with Crippen molar-refractivity contribution in [2.24, 2.45) is 22.9 Å². The second-order valence-electron chi connectivity index (χ2n) is 14.0. The molecule has 1 heterocycles. The summed E-state index contributed by atoms with van der Waals surface area (Å²) in [5, 5.41) is 25.0. The van der Waals surface area contributed by atoms with Gasteiger partial charge in [0.2, 0.25) is 5.79 Å². The van der Waals surface area contributed by atoms with Crippen LogP contribution in [0.2, 0.25) is 0 Å². The molecular formula is C41H55NO6S2. The Morgan fingerprint density at radius 1 is 1.00 bits per heavy atom. The fourth-order valence-corrected chi connectivity index (χ4v) is 10.9. The van der Waals surface area contributed by atoms with Gasteiger partial charge in [0.05, 0.1) is 23.5 Å². The molecule has 4 aliphatic rings. The third-order valence-corrected chi connectivity index (χ3v) is 13.3. The van der Waals surface area contributed by atoms with E-state index >= 15 is 0 Å². The molecule has 6 unspecified atom stereocenters. The number of fused-ring (bicyclic) bond motifs is 2. The van der Waals surface area contributed by atoms with Crippen LogP contribution in [0.5, 0.6) is 17.2 Å². The summed E-state index contributed by atoms with van der Waals surface area (Å²) < 4.78 is 20.9. The van der Waals surface area contributed by atoms with Crippen molar-refractivity contribution in [2.75, 3.05) is 32.7 Å². The van der Waals surface area contributed by atoms with Gasteiger partial charge in [-0.3, -0.25) is 0 Å². The van der Waals surface area contributed by atoms with E-state index in [-0.39, 0.29) is 42.1 Å². The molecule has 2 fully saturated rings. The number of oxime groups is 1. The summed E-state index contributed by atoms with van der Waals surface area (Å²) in [6.07, 6.45) is 17.4. The third-order valence-electron chi connectivity index (χ3n) is 10.9. The smallest absolute Gasteiger partial charge is 0.230 e. The molecule has 0 saturated heterocycles. The normalized spacial score (nSPS) is 28.0. The Balaban J connectivity index is 1.51. The topological polar surface area (TPSA) is 89.7 Å². The van der Waals surface area contributed by atoms with Crippen molar-refractivity contribution >= 4 is 29.2 Å². The van der Waals surface area contributed by atoms with Gasteiger partial charge in [0.25, 0.3) is 0 Å². The number of hydrogen-bond donors (Lipinski definition) is 2. The molecule has 7 nitrogen and oxygen atoms in total. The van der Waals surface area contributed by atoms with Gasteiger partial charge >= 0.3 is 0 Å². The van der Waals surface area contributed by atoms with E-state index in [4.69, 9.17) is 24.2 Å². The number of unbranched alkanes of at least 4 members (excludes halogenated alkanes) is 2. The lowest BCUT2D eigenvalue weighted by Crippen LogP contribution is -2.64. The van der Waals surface area contributed by atoms with Crippen LogP contribution in [0.3, 0.4) is 0 Å². The van der Waals surface area contributed by atoms with E-state index in [0.717, 1.165) is 67.0 Å². The van der Waals surface area contributed by atoms with Crippen LogP contribution in [0.25, 0.3) is 0 Å². The lowest BCUT2D eigenvalue weighted by Gasteiger charge is -2.58. The van der Waals surface area contributed by atoms with Gasteiger partial charge in [0, 0.05) is 41.3 Å². The number of thioether (sulfide) groups is 2. The third kappa shape index (κ3) is 8.12. The van der Waals surface area contributed by atoms with Gasteiger partial charge in [-0.15, -0.1) is 30.1 Å². The van der Waals surface area contributed by atoms with Crippen molar-refractivity contribution in [3.63, 3.8) is 0 Å². The molecule has 0 radical (unpaired) electrons. The molecule has 50 heavy (non-hydrogen) atoms. The SMILES string of the molecule is C=CCOC12Oc3ccc(Oc4ccc(SC)cc4)cc3C3C(CCCCO)C(CCCCO)C=C(C(=NOCC)CC1SC1CCCC1)C32. The van der Waals surface area contributed by atoms with Crippen LogP contribution in [0.1, 0.15) is 89.0 Å². The Hall–Kier alpha value is -2.43. The molecule has 1 aliphatic heterocycles. The molecule has 0 amide bonds. The van der Waals surface area contributed by atoms with E-state index in [9.17, 15) is 10.2 Å². The number of allylic oxidation sites excluding steroid dienone is 1. The maximum Gasteiger partial charge on any atom is 0.230 e. The van der Waals surface area contributed by atoms with E-state index in [1.807, 2.05) is 43.0 Å². The zero-order valence-corrected chi connectivity index (χ0v) is 31.4. The highest BCUT2D eigenvalue weighted by molar-refractivity contribution is 8.00. The largest absolute Gasteiger partial charge is 0.460 e. The fourth-order valence-electron chi connectivity index (χ4n) is 8.69. The quantitative estimate of drug-likeness (QED) is 0.0681. The summed E-state index contributed by atoms with van der Waals surface area (Å²) in [4.78, 5) is 7.04. The van der Waals surface area contributed by atoms with Gasteiger partial charge in [0.1, 0.15) is 23.9 Å². The van der Waals surface area contributed by atoms with Gasteiger partial charge in [-0.2, -0.15) is 0 Å². The predicted octanol–water partition coefficient (Wildman–Crippen LogP) is 9.53. The monoisotopic (exact) mass is 721 g/mol. The minimum atomic E-state index is -0.919. The van der Waals surface area contributed by atoms with Gasteiger partial charge in [-0.25, -0.2) is 0 Å². The Kier molecular flexibility index (Phi) is 13.3. The molecule has 6 rings (SSSR count). The van der Waals surface area contributed by atoms with Gasteiger partial charge < -0.3 is 29.3 Å². The van der Waals surface area contributed by atoms with Crippen molar-refractivity contribution in [1.29, 1.82) is 0 Å². The van der Waals surface area contributed by atoms with E-state index in [0.29, 0.717) is 24.9 Å². The first-order valence-corrected chi connectivity index (χ1v) is 20.9. The molecule has 2 aromatic rings. The van der Waals surface area contributed by atoms with Crippen LogP contribution >= 0.6 is 23.5 Å². The fraction of sp³-hybridized carbons (Fsp3) is 0.585. The number of hydrogen-bond acceptors (Lipinski definition) is 9. The van der Waals surface area contributed by atoms with E-state index in [1.165, 1.54) is 36.2 Å².